The van der Waals surface area contributed by atoms with Crippen LogP contribution in [0.15, 0.2) is 35.6 Å². The fraction of sp³-hybridized carbons (Fsp3) is 0.267. The maximum atomic E-state index is 13.1. The molecule has 0 aliphatic rings. The van der Waals surface area contributed by atoms with E-state index in [1.807, 2.05) is 0 Å². The second kappa shape index (κ2) is 6.79. The van der Waals surface area contributed by atoms with Crippen molar-refractivity contribution in [2.75, 3.05) is 6.26 Å². The molecule has 2 rings (SSSR count). The van der Waals surface area contributed by atoms with E-state index in [0.717, 1.165) is 6.26 Å². The van der Waals surface area contributed by atoms with Gasteiger partial charge in [-0.15, -0.1) is 0 Å². The Labute approximate surface area is 141 Å². The number of nitrogens with zero attached hydrogens (tertiary/aromatic N) is 2. The minimum atomic E-state index is -4.73. The van der Waals surface area contributed by atoms with Crippen molar-refractivity contribution in [1.29, 1.82) is 0 Å². The van der Waals surface area contributed by atoms with E-state index < -0.39 is 38.4 Å². The number of aryl methyl sites for hydroxylation is 2. The molecular weight excluding hydrogens is 361 g/mol. The quantitative estimate of drug-likeness (QED) is 0.807. The largest absolute Gasteiger partial charge is 0.478 e. The van der Waals surface area contributed by atoms with Crippen molar-refractivity contribution in [3.63, 3.8) is 0 Å². The molecule has 0 radical (unpaired) electrons. The first kappa shape index (κ1) is 18.8. The number of hydrogen-bond acceptors (Lipinski definition) is 5. The highest BCUT2D eigenvalue weighted by atomic mass is 32.2. The third-order valence-corrected chi connectivity index (χ3v) is 4.17. The normalized spacial score (nSPS) is 12.2. The van der Waals surface area contributed by atoms with Crippen LogP contribution in [-0.4, -0.2) is 35.7 Å². The zero-order valence-electron chi connectivity index (χ0n) is 12.9. The van der Waals surface area contributed by atoms with Crippen LogP contribution in [0.3, 0.4) is 0 Å². The van der Waals surface area contributed by atoms with Gasteiger partial charge in [-0.25, -0.2) is 23.2 Å². The Bertz CT molecular complexity index is 911. The summed E-state index contributed by atoms with van der Waals surface area (Å²) >= 11 is 0. The van der Waals surface area contributed by atoms with Gasteiger partial charge in [-0.05, 0) is 30.5 Å². The Morgan fingerprint density at radius 1 is 1.24 bits per heavy atom. The number of aromatic carboxylic acids is 1. The molecule has 0 aliphatic carbocycles. The number of aromatic nitrogens is 2. The number of rotatable bonds is 5. The molecular formula is C15H13F3N2O4S. The first-order chi connectivity index (χ1) is 11.5. The Balaban J connectivity index is 2.37. The van der Waals surface area contributed by atoms with Gasteiger partial charge in [-0.2, -0.15) is 13.2 Å². The molecule has 0 saturated heterocycles. The van der Waals surface area contributed by atoms with Crippen LogP contribution in [0.25, 0.3) is 0 Å². The topological polar surface area (TPSA) is 97.2 Å². The Morgan fingerprint density at radius 3 is 2.48 bits per heavy atom. The molecule has 0 amide bonds. The third-order valence-electron chi connectivity index (χ3n) is 3.31. The number of carboxylic acid groups (broad SMARTS) is 1. The van der Waals surface area contributed by atoms with Gasteiger partial charge in [0, 0.05) is 12.5 Å². The molecule has 0 unspecified atom stereocenters. The molecule has 0 aliphatic heterocycles. The number of carbonyl (C=O) groups is 1. The zero-order chi connectivity index (χ0) is 18.8. The minimum Gasteiger partial charge on any atom is -0.478 e. The molecule has 1 aromatic heterocycles. The van der Waals surface area contributed by atoms with Gasteiger partial charge >= 0.3 is 12.1 Å². The minimum absolute atomic E-state index is 0.00746. The number of carboxylic acids is 1. The molecule has 6 nitrogen and oxygen atoms in total. The second-order valence-corrected chi connectivity index (χ2v) is 7.20. The van der Waals surface area contributed by atoms with Crippen LogP contribution in [0.2, 0.25) is 0 Å². The zero-order valence-corrected chi connectivity index (χ0v) is 13.7. The predicted molar refractivity (Wildman–Crippen MR) is 81.0 cm³/mol. The highest BCUT2D eigenvalue weighted by molar-refractivity contribution is 7.90. The van der Waals surface area contributed by atoms with Crippen molar-refractivity contribution < 1.29 is 31.5 Å². The van der Waals surface area contributed by atoms with E-state index in [1.54, 1.807) is 6.07 Å². The van der Waals surface area contributed by atoms with Gasteiger partial charge in [0.25, 0.3) is 0 Å². The van der Waals surface area contributed by atoms with Gasteiger partial charge in [-0.3, -0.25) is 0 Å². The summed E-state index contributed by atoms with van der Waals surface area (Å²) in [6.45, 7) is 0. The molecule has 0 saturated carbocycles. The summed E-state index contributed by atoms with van der Waals surface area (Å²) in [4.78, 5) is 17.8. The van der Waals surface area contributed by atoms with E-state index in [1.165, 1.54) is 18.2 Å². The molecule has 134 valence electrons. The van der Waals surface area contributed by atoms with Crippen LogP contribution < -0.4 is 0 Å². The summed E-state index contributed by atoms with van der Waals surface area (Å²) in [6.07, 6.45) is -3.64. The third kappa shape index (κ3) is 4.75. The van der Waals surface area contributed by atoms with Crippen molar-refractivity contribution in [2.24, 2.45) is 0 Å². The number of halogens is 3. The average Bonchev–Trinajstić information content (AvgIpc) is 2.51. The first-order valence-corrected chi connectivity index (χ1v) is 8.83. The summed E-state index contributed by atoms with van der Waals surface area (Å²) in [5, 5.41) is 8.25. The second-order valence-electron chi connectivity index (χ2n) is 5.29. The van der Waals surface area contributed by atoms with E-state index in [0.29, 0.717) is 11.8 Å². The predicted octanol–water partition coefficient (Wildman–Crippen LogP) is 2.38. The summed E-state index contributed by atoms with van der Waals surface area (Å²) in [7, 11) is -3.86. The molecule has 1 N–H and O–H groups in total. The molecule has 0 spiro atoms. The lowest BCUT2D eigenvalue weighted by atomic mass is 10.0. The SMILES string of the molecule is CS(=O)(=O)c1ncc(C(F)(F)F)c(CCc2cccc(C(=O)O)c2)n1. The first-order valence-electron chi connectivity index (χ1n) is 6.94. The van der Waals surface area contributed by atoms with Gasteiger partial charge in [0.2, 0.25) is 15.0 Å². The van der Waals surface area contributed by atoms with Crippen molar-refractivity contribution in [3.05, 3.63) is 52.8 Å². The van der Waals surface area contributed by atoms with Crippen LogP contribution in [0.1, 0.15) is 27.2 Å². The van der Waals surface area contributed by atoms with Crippen molar-refractivity contribution in [1.82, 2.24) is 9.97 Å². The summed E-state index contributed by atoms with van der Waals surface area (Å²) < 4.78 is 62.1. The molecule has 0 fully saturated rings. The lowest BCUT2D eigenvalue weighted by Crippen LogP contribution is -2.16. The summed E-state index contributed by atoms with van der Waals surface area (Å²) in [6, 6.07) is 5.75. The van der Waals surface area contributed by atoms with Gasteiger partial charge in [0.1, 0.15) is 0 Å². The maximum Gasteiger partial charge on any atom is 0.419 e. The lowest BCUT2D eigenvalue weighted by molar-refractivity contribution is -0.138. The standard InChI is InChI=1S/C15H13F3N2O4S/c1-25(23,24)14-19-8-11(15(16,17)18)12(20-14)6-5-9-3-2-4-10(7-9)13(21)22/h2-4,7-8H,5-6H2,1H3,(H,21,22). The van der Waals surface area contributed by atoms with Crippen LogP contribution >= 0.6 is 0 Å². The fourth-order valence-electron chi connectivity index (χ4n) is 2.13. The van der Waals surface area contributed by atoms with Crippen LogP contribution in [-0.2, 0) is 28.9 Å². The molecule has 0 atom stereocenters. The highest BCUT2D eigenvalue weighted by Crippen LogP contribution is 2.31. The molecule has 25 heavy (non-hydrogen) atoms. The maximum absolute atomic E-state index is 13.1. The molecule has 10 heteroatoms. The molecule has 0 bridgehead atoms. The van der Waals surface area contributed by atoms with Gasteiger partial charge in [0.15, 0.2) is 0 Å². The molecule has 1 heterocycles. The number of sulfone groups is 1. The van der Waals surface area contributed by atoms with E-state index in [-0.39, 0.29) is 18.4 Å². The van der Waals surface area contributed by atoms with Gasteiger partial charge in [0.05, 0.1) is 16.8 Å². The van der Waals surface area contributed by atoms with Gasteiger partial charge < -0.3 is 5.11 Å². The summed E-state index contributed by atoms with van der Waals surface area (Å²) in [5.74, 6) is -1.15. The Kier molecular flexibility index (Phi) is 5.12. The smallest absolute Gasteiger partial charge is 0.419 e. The lowest BCUT2D eigenvalue weighted by Gasteiger charge is -2.12. The van der Waals surface area contributed by atoms with Crippen molar-refractivity contribution in [2.45, 2.75) is 24.2 Å². The Morgan fingerprint density at radius 2 is 1.92 bits per heavy atom. The number of hydrogen-bond donors (Lipinski definition) is 1. The van der Waals surface area contributed by atoms with E-state index in [9.17, 15) is 26.4 Å². The average molecular weight is 374 g/mol. The van der Waals surface area contributed by atoms with Crippen molar-refractivity contribution in [3.8, 4) is 0 Å². The van der Waals surface area contributed by atoms with Crippen molar-refractivity contribution >= 4 is 15.8 Å². The number of benzene rings is 1. The Hall–Kier alpha value is -2.49. The van der Waals surface area contributed by atoms with E-state index in [4.69, 9.17) is 5.11 Å². The van der Waals surface area contributed by atoms with Gasteiger partial charge in [-0.1, -0.05) is 12.1 Å². The number of alkyl halides is 3. The van der Waals surface area contributed by atoms with E-state index in [2.05, 4.69) is 9.97 Å². The monoisotopic (exact) mass is 374 g/mol. The fourth-order valence-corrected chi connectivity index (χ4v) is 2.65. The van der Waals surface area contributed by atoms with E-state index >= 15 is 0 Å². The molecule has 2 aromatic rings. The highest BCUT2D eigenvalue weighted by Gasteiger charge is 2.35. The summed E-state index contributed by atoms with van der Waals surface area (Å²) in [5.41, 5.74) is -1.07. The van der Waals surface area contributed by atoms with Crippen LogP contribution in [0, 0.1) is 0 Å². The van der Waals surface area contributed by atoms with Crippen LogP contribution in [0.4, 0.5) is 13.2 Å². The molecule has 1 aromatic carbocycles. The van der Waals surface area contributed by atoms with Crippen LogP contribution in [0.5, 0.6) is 0 Å².